The van der Waals surface area contributed by atoms with E-state index in [2.05, 4.69) is 21.2 Å². The summed E-state index contributed by atoms with van der Waals surface area (Å²) in [7, 11) is -4.04. The van der Waals surface area contributed by atoms with E-state index >= 15 is 0 Å². The van der Waals surface area contributed by atoms with Crippen LogP contribution in [0.2, 0.25) is 0 Å². The molecule has 7 nitrogen and oxygen atoms in total. The first-order chi connectivity index (χ1) is 18.5. The molecule has 2 amide bonds. The van der Waals surface area contributed by atoms with Crippen LogP contribution in [0.15, 0.2) is 83.3 Å². The van der Waals surface area contributed by atoms with Gasteiger partial charge < -0.3 is 10.2 Å². The highest BCUT2D eigenvalue weighted by Gasteiger charge is 2.34. The summed E-state index contributed by atoms with van der Waals surface area (Å²) < 4.78 is 41.7. The number of anilines is 1. The third kappa shape index (κ3) is 8.63. The molecule has 10 heteroatoms. The van der Waals surface area contributed by atoms with Crippen molar-refractivity contribution in [1.29, 1.82) is 0 Å². The van der Waals surface area contributed by atoms with Crippen molar-refractivity contribution in [3.63, 3.8) is 0 Å². The van der Waals surface area contributed by atoms with Gasteiger partial charge in [-0.1, -0.05) is 77.5 Å². The van der Waals surface area contributed by atoms with Crippen molar-refractivity contribution in [2.45, 2.75) is 45.3 Å². The van der Waals surface area contributed by atoms with E-state index in [9.17, 15) is 22.4 Å². The summed E-state index contributed by atoms with van der Waals surface area (Å²) in [5, 5.41) is 2.97. The number of para-hydroxylation sites is 1. The quantitative estimate of drug-likeness (QED) is 0.313. The topological polar surface area (TPSA) is 86.8 Å². The minimum absolute atomic E-state index is 0.0403. The van der Waals surface area contributed by atoms with Crippen molar-refractivity contribution in [2.75, 3.05) is 17.1 Å². The van der Waals surface area contributed by atoms with Crippen molar-refractivity contribution in [2.24, 2.45) is 0 Å². The summed E-state index contributed by atoms with van der Waals surface area (Å²) in [6, 6.07) is 20.9. The highest BCUT2D eigenvalue weighted by Crippen LogP contribution is 2.23. The van der Waals surface area contributed by atoms with Crippen LogP contribution < -0.4 is 9.62 Å². The Balaban J connectivity index is 2.07. The highest BCUT2D eigenvalue weighted by molar-refractivity contribution is 9.10. The molecule has 2 unspecified atom stereocenters. The summed E-state index contributed by atoms with van der Waals surface area (Å²) >= 11 is 3.44. The molecule has 0 aliphatic rings. The molecule has 0 radical (unpaired) electrons. The van der Waals surface area contributed by atoms with Gasteiger partial charge in [0.2, 0.25) is 21.8 Å². The maximum absolute atomic E-state index is 14.7. The van der Waals surface area contributed by atoms with Crippen molar-refractivity contribution in [3.05, 3.63) is 100 Å². The molecule has 0 aromatic heterocycles. The van der Waals surface area contributed by atoms with Crippen LogP contribution in [0.1, 0.15) is 31.4 Å². The van der Waals surface area contributed by atoms with E-state index in [1.807, 2.05) is 68.4 Å². The van der Waals surface area contributed by atoms with Crippen molar-refractivity contribution in [1.82, 2.24) is 10.2 Å². The van der Waals surface area contributed by atoms with E-state index in [1.54, 1.807) is 0 Å². The van der Waals surface area contributed by atoms with Gasteiger partial charge >= 0.3 is 0 Å². The minimum Gasteiger partial charge on any atom is -0.352 e. The van der Waals surface area contributed by atoms with Crippen LogP contribution in [-0.4, -0.2) is 50.0 Å². The molecule has 0 fully saturated rings. The van der Waals surface area contributed by atoms with Gasteiger partial charge in [0, 0.05) is 23.5 Å². The molecule has 0 heterocycles. The molecule has 3 rings (SSSR count). The molecule has 39 heavy (non-hydrogen) atoms. The van der Waals surface area contributed by atoms with Gasteiger partial charge in [-0.3, -0.25) is 13.9 Å². The van der Waals surface area contributed by atoms with Gasteiger partial charge in [0.1, 0.15) is 18.4 Å². The number of nitrogens with one attached hydrogen (secondary N) is 1. The summed E-state index contributed by atoms with van der Waals surface area (Å²) in [4.78, 5) is 29.0. The monoisotopic (exact) mass is 617 g/mol. The zero-order chi connectivity index (χ0) is 28.6. The van der Waals surface area contributed by atoms with Crippen molar-refractivity contribution in [3.8, 4) is 0 Å². The Morgan fingerprint density at radius 1 is 0.974 bits per heavy atom. The second-order valence-corrected chi connectivity index (χ2v) is 12.2. The molecule has 3 aromatic carbocycles. The smallest absolute Gasteiger partial charge is 0.244 e. The summed E-state index contributed by atoms with van der Waals surface area (Å²) in [6.07, 6.45) is 1.82. The fraction of sp³-hybridized carbons (Fsp3) is 0.310. The predicted molar refractivity (Wildman–Crippen MR) is 155 cm³/mol. The van der Waals surface area contributed by atoms with Crippen LogP contribution in [0.25, 0.3) is 0 Å². The zero-order valence-electron chi connectivity index (χ0n) is 22.2. The van der Waals surface area contributed by atoms with Crippen molar-refractivity contribution >= 4 is 43.5 Å². The molecule has 0 aliphatic carbocycles. The average molecular weight is 619 g/mol. The van der Waals surface area contributed by atoms with Crippen LogP contribution in [0.4, 0.5) is 10.1 Å². The maximum atomic E-state index is 14.7. The first-order valence-corrected chi connectivity index (χ1v) is 15.2. The number of carbonyl (C=O) groups excluding carboxylic acids is 2. The number of sulfonamides is 1. The second-order valence-electron chi connectivity index (χ2n) is 9.40. The Bertz CT molecular complexity index is 1390. The Morgan fingerprint density at radius 2 is 1.62 bits per heavy atom. The SMILES string of the molecule is CCC(C)NC(=O)C(Cc1ccccc1)N(Cc1cccc(Br)c1)C(=O)CN(c1ccccc1F)S(C)(=O)=O. The molecular weight excluding hydrogens is 585 g/mol. The molecule has 1 N–H and O–H groups in total. The van der Waals surface area contributed by atoms with E-state index < -0.39 is 34.3 Å². The number of benzene rings is 3. The molecule has 208 valence electrons. The van der Waals surface area contributed by atoms with Gasteiger partial charge in [0.05, 0.1) is 11.9 Å². The molecule has 2 atom stereocenters. The normalized spacial score (nSPS) is 12.8. The fourth-order valence-corrected chi connectivity index (χ4v) is 5.37. The van der Waals surface area contributed by atoms with E-state index in [-0.39, 0.29) is 30.6 Å². The average Bonchev–Trinajstić information content (AvgIpc) is 2.89. The van der Waals surface area contributed by atoms with Crippen LogP contribution in [0.5, 0.6) is 0 Å². The maximum Gasteiger partial charge on any atom is 0.244 e. The third-order valence-electron chi connectivity index (χ3n) is 6.31. The lowest BCUT2D eigenvalue weighted by molar-refractivity contribution is -0.140. The van der Waals surface area contributed by atoms with E-state index in [4.69, 9.17) is 0 Å². The van der Waals surface area contributed by atoms with E-state index in [0.29, 0.717) is 6.42 Å². The fourth-order valence-electron chi connectivity index (χ4n) is 4.08. The molecule has 0 bridgehead atoms. The largest absolute Gasteiger partial charge is 0.352 e. The number of amides is 2. The number of nitrogens with zero attached hydrogens (tertiary/aromatic N) is 2. The molecule has 3 aromatic rings. The van der Waals surface area contributed by atoms with Crippen molar-refractivity contribution < 1.29 is 22.4 Å². The molecule has 0 saturated carbocycles. The lowest BCUT2D eigenvalue weighted by Gasteiger charge is -2.34. The standard InChI is InChI=1S/C29H33BrFN3O4S/c1-4-21(2)32-29(36)27(18-22-11-6-5-7-12-22)33(19-23-13-10-14-24(30)17-23)28(35)20-34(39(3,37)38)26-16-9-8-15-25(26)31/h5-17,21,27H,4,18-20H2,1-3H3,(H,32,36). The predicted octanol–water partition coefficient (Wildman–Crippen LogP) is 4.91. The van der Waals surface area contributed by atoms with E-state index in [0.717, 1.165) is 32.2 Å². The summed E-state index contributed by atoms with van der Waals surface area (Å²) in [5.41, 5.74) is 1.34. The number of carbonyl (C=O) groups is 2. The molecule has 0 spiro atoms. The lowest BCUT2D eigenvalue weighted by Crippen LogP contribution is -2.54. The van der Waals surface area contributed by atoms with Gasteiger partial charge in [-0.05, 0) is 48.7 Å². The first-order valence-electron chi connectivity index (χ1n) is 12.6. The van der Waals surface area contributed by atoms with Crippen LogP contribution in [-0.2, 0) is 32.6 Å². The number of halogens is 2. The minimum atomic E-state index is -4.04. The lowest BCUT2D eigenvalue weighted by atomic mass is 10.0. The number of hydrogen-bond donors (Lipinski definition) is 1. The Morgan fingerprint density at radius 3 is 2.23 bits per heavy atom. The van der Waals surface area contributed by atoms with Gasteiger partial charge in [-0.15, -0.1) is 0 Å². The second kappa shape index (κ2) is 13.7. The van der Waals surface area contributed by atoms with Crippen LogP contribution in [0.3, 0.4) is 0 Å². The Kier molecular flexibility index (Phi) is 10.7. The Labute approximate surface area is 238 Å². The van der Waals surface area contributed by atoms with Gasteiger partial charge in [0.25, 0.3) is 0 Å². The van der Waals surface area contributed by atoms with Gasteiger partial charge in [-0.2, -0.15) is 0 Å². The zero-order valence-corrected chi connectivity index (χ0v) is 24.6. The summed E-state index contributed by atoms with van der Waals surface area (Å²) in [6.45, 7) is 3.19. The number of rotatable bonds is 12. The van der Waals surface area contributed by atoms with Gasteiger partial charge in [0.15, 0.2) is 0 Å². The molecule has 0 aliphatic heterocycles. The van der Waals surface area contributed by atoms with Gasteiger partial charge in [-0.25, -0.2) is 12.8 Å². The van der Waals surface area contributed by atoms with Crippen LogP contribution >= 0.6 is 15.9 Å². The third-order valence-corrected chi connectivity index (χ3v) is 7.93. The van der Waals surface area contributed by atoms with Crippen LogP contribution in [0, 0.1) is 5.82 Å². The Hall–Kier alpha value is -3.24. The first kappa shape index (κ1) is 30.3. The van der Waals surface area contributed by atoms with E-state index in [1.165, 1.54) is 23.1 Å². The molecule has 0 saturated heterocycles. The molecular formula is C29H33BrFN3O4S. The summed E-state index contributed by atoms with van der Waals surface area (Å²) in [5.74, 6) is -1.76. The highest BCUT2D eigenvalue weighted by atomic mass is 79.9. The number of hydrogen-bond acceptors (Lipinski definition) is 4.